The quantitative estimate of drug-likeness (QED) is 0.813. The van der Waals surface area contributed by atoms with Crippen molar-refractivity contribution in [3.8, 4) is 0 Å². The van der Waals surface area contributed by atoms with Gasteiger partial charge >= 0.3 is 0 Å². The van der Waals surface area contributed by atoms with Gasteiger partial charge in [-0.25, -0.2) is 0 Å². The second-order valence-corrected chi connectivity index (χ2v) is 4.61. The number of methoxy groups -OCH3 is 1. The van der Waals surface area contributed by atoms with Crippen molar-refractivity contribution in [2.45, 2.75) is 18.9 Å². The van der Waals surface area contributed by atoms with Crippen molar-refractivity contribution in [3.05, 3.63) is 33.8 Å². The van der Waals surface area contributed by atoms with Crippen LogP contribution in [0.3, 0.4) is 0 Å². The lowest BCUT2D eigenvalue weighted by Crippen LogP contribution is -2.25. The molecule has 0 fully saturated rings. The Bertz CT molecular complexity index is 396. The SMILES string of the molecule is COCCC(N)CC(=O)c1ccc(Cl)c(Cl)c1. The molecule has 17 heavy (non-hydrogen) atoms. The number of hydrogen-bond donors (Lipinski definition) is 1. The molecule has 5 heteroatoms. The Hall–Kier alpha value is -0.610. The van der Waals surface area contributed by atoms with E-state index in [1.54, 1.807) is 25.3 Å². The first-order chi connectivity index (χ1) is 8.04. The Morgan fingerprint density at radius 2 is 2.12 bits per heavy atom. The summed E-state index contributed by atoms with van der Waals surface area (Å²) < 4.78 is 4.90. The first kappa shape index (κ1) is 14.5. The topological polar surface area (TPSA) is 52.3 Å². The highest BCUT2D eigenvalue weighted by Crippen LogP contribution is 2.23. The number of rotatable bonds is 6. The molecule has 0 spiro atoms. The molecule has 1 atom stereocenters. The number of halogens is 2. The van der Waals surface area contributed by atoms with Crippen molar-refractivity contribution in [2.24, 2.45) is 5.73 Å². The van der Waals surface area contributed by atoms with Crippen LogP contribution in [-0.4, -0.2) is 25.5 Å². The average molecular weight is 276 g/mol. The van der Waals surface area contributed by atoms with Crippen LogP contribution >= 0.6 is 23.2 Å². The summed E-state index contributed by atoms with van der Waals surface area (Å²) in [5, 5.41) is 0.815. The molecule has 1 unspecified atom stereocenters. The maximum atomic E-state index is 11.9. The van der Waals surface area contributed by atoms with Gasteiger partial charge in [0.1, 0.15) is 0 Å². The summed E-state index contributed by atoms with van der Waals surface area (Å²) in [6.07, 6.45) is 0.935. The van der Waals surface area contributed by atoms with Crippen LogP contribution in [0.25, 0.3) is 0 Å². The summed E-state index contributed by atoms with van der Waals surface area (Å²) in [7, 11) is 1.60. The number of ketones is 1. The zero-order valence-corrected chi connectivity index (χ0v) is 11.1. The van der Waals surface area contributed by atoms with E-state index in [9.17, 15) is 4.79 Å². The number of carbonyl (C=O) groups excluding carboxylic acids is 1. The number of carbonyl (C=O) groups is 1. The lowest BCUT2D eigenvalue weighted by atomic mass is 10.0. The summed E-state index contributed by atoms with van der Waals surface area (Å²) in [6, 6.07) is 4.63. The first-order valence-corrected chi connectivity index (χ1v) is 6.03. The van der Waals surface area contributed by atoms with Gasteiger partial charge < -0.3 is 10.5 Å². The van der Waals surface area contributed by atoms with Gasteiger partial charge in [-0.15, -0.1) is 0 Å². The summed E-state index contributed by atoms with van der Waals surface area (Å²) in [6.45, 7) is 0.551. The van der Waals surface area contributed by atoms with E-state index < -0.39 is 0 Å². The monoisotopic (exact) mass is 275 g/mol. The Kier molecular flexibility index (Phi) is 5.92. The lowest BCUT2D eigenvalue weighted by molar-refractivity contribution is 0.0967. The van der Waals surface area contributed by atoms with Crippen molar-refractivity contribution < 1.29 is 9.53 Å². The van der Waals surface area contributed by atoms with Crippen molar-refractivity contribution >= 4 is 29.0 Å². The minimum Gasteiger partial charge on any atom is -0.385 e. The van der Waals surface area contributed by atoms with Gasteiger partial charge in [0.15, 0.2) is 5.78 Å². The first-order valence-electron chi connectivity index (χ1n) is 5.27. The number of ether oxygens (including phenoxy) is 1. The molecular formula is C12H15Cl2NO2. The van der Waals surface area contributed by atoms with Crippen molar-refractivity contribution in [1.82, 2.24) is 0 Å². The standard InChI is InChI=1S/C12H15Cl2NO2/c1-17-5-4-9(15)7-12(16)8-2-3-10(13)11(14)6-8/h2-3,6,9H,4-5,7,15H2,1H3. The van der Waals surface area contributed by atoms with E-state index in [4.69, 9.17) is 33.7 Å². The van der Waals surface area contributed by atoms with E-state index in [2.05, 4.69) is 0 Å². The predicted octanol–water partition coefficient (Wildman–Crippen LogP) is 2.93. The molecule has 0 bridgehead atoms. The Morgan fingerprint density at radius 3 is 2.71 bits per heavy atom. The van der Waals surface area contributed by atoms with Gasteiger partial charge in [-0.3, -0.25) is 4.79 Å². The molecule has 0 aromatic heterocycles. The van der Waals surface area contributed by atoms with Gasteiger partial charge in [0.2, 0.25) is 0 Å². The fourth-order valence-corrected chi connectivity index (χ4v) is 1.69. The number of hydrogen-bond acceptors (Lipinski definition) is 3. The molecule has 0 radical (unpaired) electrons. The number of benzene rings is 1. The van der Waals surface area contributed by atoms with E-state index in [1.807, 2.05) is 0 Å². The van der Waals surface area contributed by atoms with E-state index in [1.165, 1.54) is 0 Å². The van der Waals surface area contributed by atoms with Crippen LogP contribution in [0.2, 0.25) is 10.0 Å². The van der Waals surface area contributed by atoms with E-state index in [0.717, 1.165) is 0 Å². The molecule has 2 N–H and O–H groups in total. The van der Waals surface area contributed by atoms with Crippen molar-refractivity contribution in [1.29, 1.82) is 0 Å². The smallest absolute Gasteiger partial charge is 0.164 e. The third-order valence-corrected chi connectivity index (χ3v) is 3.12. The Labute approximate surface area is 111 Å². The third kappa shape index (κ3) is 4.64. The number of Topliss-reactive ketones (excluding diaryl/α,β-unsaturated/α-hetero) is 1. The highest BCUT2D eigenvalue weighted by molar-refractivity contribution is 6.42. The minimum absolute atomic E-state index is 0.0350. The van der Waals surface area contributed by atoms with E-state index >= 15 is 0 Å². The highest BCUT2D eigenvalue weighted by Gasteiger charge is 2.12. The van der Waals surface area contributed by atoms with Crippen LogP contribution in [0.5, 0.6) is 0 Å². The predicted molar refractivity (Wildman–Crippen MR) is 69.9 cm³/mol. The van der Waals surface area contributed by atoms with Crippen LogP contribution in [0, 0.1) is 0 Å². The molecular weight excluding hydrogens is 261 g/mol. The maximum absolute atomic E-state index is 11.9. The molecule has 0 aliphatic rings. The molecule has 1 aromatic carbocycles. The molecule has 0 aliphatic carbocycles. The summed E-state index contributed by atoms with van der Waals surface area (Å²) in [5.74, 6) is -0.0350. The normalized spacial score (nSPS) is 12.5. The molecule has 0 saturated heterocycles. The molecule has 3 nitrogen and oxygen atoms in total. The van der Waals surface area contributed by atoms with Crippen molar-refractivity contribution in [2.75, 3.05) is 13.7 Å². The minimum atomic E-state index is -0.197. The van der Waals surface area contributed by atoms with Gasteiger partial charge in [-0.2, -0.15) is 0 Å². The van der Waals surface area contributed by atoms with Gasteiger partial charge in [0.05, 0.1) is 10.0 Å². The van der Waals surface area contributed by atoms with E-state index in [-0.39, 0.29) is 18.2 Å². The van der Waals surface area contributed by atoms with Crippen LogP contribution < -0.4 is 5.73 Å². The molecule has 0 amide bonds. The third-order valence-electron chi connectivity index (χ3n) is 2.38. The zero-order chi connectivity index (χ0) is 12.8. The lowest BCUT2D eigenvalue weighted by Gasteiger charge is -2.10. The molecule has 0 heterocycles. The largest absolute Gasteiger partial charge is 0.385 e. The second kappa shape index (κ2) is 6.97. The summed E-state index contributed by atoms with van der Waals surface area (Å²) in [4.78, 5) is 11.9. The van der Waals surface area contributed by atoms with E-state index in [0.29, 0.717) is 28.6 Å². The fourth-order valence-electron chi connectivity index (χ4n) is 1.40. The molecule has 1 aromatic rings. The van der Waals surface area contributed by atoms with Crippen molar-refractivity contribution in [3.63, 3.8) is 0 Å². The van der Waals surface area contributed by atoms with Gasteiger partial charge in [-0.1, -0.05) is 23.2 Å². The van der Waals surface area contributed by atoms with Gasteiger partial charge in [0, 0.05) is 31.7 Å². The van der Waals surface area contributed by atoms with Crippen LogP contribution in [-0.2, 0) is 4.74 Å². The fraction of sp³-hybridized carbons (Fsp3) is 0.417. The maximum Gasteiger partial charge on any atom is 0.164 e. The second-order valence-electron chi connectivity index (χ2n) is 3.80. The Balaban J connectivity index is 2.60. The summed E-state index contributed by atoms with van der Waals surface area (Å²) >= 11 is 11.6. The zero-order valence-electron chi connectivity index (χ0n) is 9.58. The molecule has 0 saturated carbocycles. The number of nitrogens with two attached hydrogens (primary N) is 1. The van der Waals surface area contributed by atoms with Crippen LogP contribution in [0.1, 0.15) is 23.2 Å². The average Bonchev–Trinajstić information content (AvgIpc) is 2.30. The van der Waals surface area contributed by atoms with Gasteiger partial charge in [-0.05, 0) is 24.6 Å². The van der Waals surface area contributed by atoms with Crippen LogP contribution in [0.4, 0.5) is 0 Å². The molecule has 0 aliphatic heterocycles. The highest BCUT2D eigenvalue weighted by atomic mass is 35.5. The molecule has 94 valence electrons. The Morgan fingerprint density at radius 1 is 1.41 bits per heavy atom. The van der Waals surface area contributed by atoms with Crippen LogP contribution in [0.15, 0.2) is 18.2 Å². The summed E-state index contributed by atoms with van der Waals surface area (Å²) in [5.41, 5.74) is 6.34. The van der Waals surface area contributed by atoms with Gasteiger partial charge in [0.25, 0.3) is 0 Å². The molecule has 1 rings (SSSR count).